The molecule has 0 aliphatic rings. The van der Waals surface area contributed by atoms with E-state index in [2.05, 4.69) is 33.7 Å². The number of carbonyl (C=O) groups excluding carboxylic acids is 2. The first-order valence-corrected chi connectivity index (χ1v) is 11.7. The molecule has 0 bridgehead atoms. The molecule has 34 heavy (non-hydrogen) atoms. The van der Waals surface area contributed by atoms with Gasteiger partial charge < -0.3 is 15.0 Å². The van der Waals surface area contributed by atoms with E-state index in [1.54, 1.807) is 12.0 Å². The van der Waals surface area contributed by atoms with Gasteiger partial charge in [-0.15, -0.1) is 0 Å². The second-order valence-corrected chi connectivity index (χ2v) is 8.50. The lowest BCUT2D eigenvalue weighted by atomic mass is 10.0. The van der Waals surface area contributed by atoms with Crippen molar-refractivity contribution in [3.63, 3.8) is 0 Å². The maximum atomic E-state index is 12.8. The summed E-state index contributed by atoms with van der Waals surface area (Å²) in [4.78, 5) is 26.2. The molecule has 1 unspecified atom stereocenters. The minimum Gasteiger partial charge on any atom is -0.497 e. The molecule has 1 heterocycles. The number of H-pyrrole nitrogens is 1. The summed E-state index contributed by atoms with van der Waals surface area (Å²) in [6.07, 6.45) is 4.12. The molecule has 0 radical (unpaired) electrons. The molecule has 7 nitrogen and oxygen atoms in total. The third-order valence-corrected chi connectivity index (χ3v) is 5.84. The molecule has 2 N–H and O–H groups in total. The molecule has 0 saturated heterocycles. The molecule has 3 aromatic rings. The van der Waals surface area contributed by atoms with Crippen molar-refractivity contribution in [3.8, 4) is 17.0 Å². The highest BCUT2D eigenvalue weighted by atomic mass is 16.5. The number of rotatable bonds is 12. The van der Waals surface area contributed by atoms with Crippen LogP contribution in [0.3, 0.4) is 0 Å². The lowest BCUT2D eigenvalue weighted by Crippen LogP contribution is -2.34. The Hall–Kier alpha value is -3.61. The molecule has 1 atom stereocenters. The summed E-state index contributed by atoms with van der Waals surface area (Å²) >= 11 is 0. The van der Waals surface area contributed by atoms with Crippen LogP contribution in [0, 0.1) is 0 Å². The first kappa shape index (κ1) is 25.0. The van der Waals surface area contributed by atoms with E-state index in [1.165, 1.54) is 6.92 Å². The first-order valence-electron chi connectivity index (χ1n) is 11.7. The van der Waals surface area contributed by atoms with E-state index in [9.17, 15) is 9.59 Å². The molecule has 0 spiro atoms. The van der Waals surface area contributed by atoms with E-state index in [4.69, 9.17) is 4.74 Å². The van der Waals surface area contributed by atoms with Gasteiger partial charge in [0.15, 0.2) is 0 Å². The van der Waals surface area contributed by atoms with Gasteiger partial charge >= 0.3 is 0 Å². The van der Waals surface area contributed by atoms with Gasteiger partial charge in [-0.2, -0.15) is 5.10 Å². The second kappa shape index (κ2) is 12.6. The molecular weight excluding hydrogens is 428 g/mol. The monoisotopic (exact) mass is 462 g/mol. The van der Waals surface area contributed by atoms with Gasteiger partial charge in [0.05, 0.1) is 25.3 Å². The highest BCUT2D eigenvalue weighted by molar-refractivity contribution is 5.79. The van der Waals surface area contributed by atoms with Gasteiger partial charge in [0.1, 0.15) is 5.75 Å². The fourth-order valence-corrected chi connectivity index (χ4v) is 3.88. The normalized spacial score (nSPS) is 11.6. The van der Waals surface area contributed by atoms with Crippen LogP contribution in [0.2, 0.25) is 0 Å². The van der Waals surface area contributed by atoms with Gasteiger partial charge in [0.25, 0.3) is 0 Å². The largest absolute Gasteiger partial charge is 0.497 e. The van der Waals surface area contributed by atoms with Crippen molar-refractivity contribution in [1.82, 2.24) is 20.4 Å². The van der Waals surface area contributed by atoms with Crippen molar-refractivity contribution >= 4 is 11.8 Å². The summed E-state index contributed by atoms with van der Waals surface area (Å²) in [6.45, 7) is 2.15. The second-order valence-electron chi connectivity index (χ2n) is 8.50. The third-order valence-electron chi connectivity index (χ3n) is 5.84. The van der Waals surface area contributed by atoms with E-state index >= 15 is 0 Å². The standard InChI is InChI=1S/C27H34N4O3/c1-20(32)28-25(22-13-15-24(34-3)16-14-22)19-27(33)31(2)17-9-5-8-12-23-18-26(30-29-23)21-10-6-4-7-11-21/h4,6-7,10-11,13-16,18,25H,5,8-9,12,17,19H2,1-3H3,(H,28,32)(H,29,30). The average molecular weight is 463 g/mol. The Bertz CT molecular complexity index is 1050. The van der Waals surface area contributed by atoms with Crippen LogP contribution in [0.5, 0.6) is 5.75 Å². The Balaban J connectivity index is 1.42. The summed E-state index contributed by atoms with van der Waals surface area (Å²) in [6, 6.07) is 19.3. The van der Waals surface area contributed by atoms with Gasteiger partial charge in [-0.1, -0.05) is 48.9 Å². The van der Waals surface area contributed by atoms with Crippen molar-refractivity contribution in [2.75, 3.05) is 20.7 Å². The van der Waals surface area contributed by atoms with E-state index < -0.39 is 0 Å². The van der Waals surface area contributed by atoms with E-state index in [0.717, 1.165) is 53.9 Å². The summed E-state index contributed by atoms with van der Waals surface area (Å²) in [7, 11) is 3.43. The molecule has 2 amide bonds. The van der Waals surface area contributed by atoms with E-state index in [1.807, 2.05) is 49.5 Å². The molecular formula is C27H34N4O3. The number of benzene rings is 2. The lowest BCUT2D eigenvalue weighted by molar-refractivity contribution is -0.130. The topological polar surface area (TPSA) is 87.3 Å². The van der Waals surface area contributed by atoms with Crippen LogP contribution in [0.25, 0.3) is 11.3 Å². The van der Waals surface area contributed by atoms with Crippen molar-refractivity contribution in [2.45, 2.75) is 45.1 Å². The number of nitrogens with zero attached hydrogens (tertiary/aromatic N) is 2. The summed E-state index contributed by atoms with van der Waals surface area (Å²) in [5.41, 5.74) is 4.08. The van der Waals surface area contributed by atoms with Crippen LogP contribution in [-0.2, 0) is 16.0 Å². The van der Waals surface area contributed by atoms with Crippen LogP contribution < -0.4 is 10.1 Å². The number of carbonyl (C=O) groups is 2. The number of aromatic nitrogens is 2. The van der Waals surface area contributed by atoms with E-state index in [-0.39, 0.29) is 24.3 Å². The van der Waals surface area contributed by atoms with Gasteiger partial charge in [0, 0.05) is 31.8 Å². The third kappa shape index (κ3) is 7.47. The average Bonchev–Trinajstić information content (AvgIpc) is 3.32. The number of methoxy groups -OCH3 is 1. The molecule has 3 rings (SSSR count). The molecule has 1 aromatic heterocycles. The maximum Gasteiger partial charge on any atom is 0.224 e. The number of hydrogen-bond acceptors (Lipinski definition) is 4. The number of aromatic amines is 1. The highest BCUT2D eigenvalue weighted by Crippen LogP contribution is 2.22. The van der Waals surface area contributed by atoms with Crippen molar-refractivity contribution in [3.05, 3.63) is 71.9 Å². The van der Waals surface area contributed by atoms with Gasteiger partial charge in [-0.05, 0) is 43.0 Å². The highest BCUT2D eigenvalue weighted by Gasteiger charge is 2.19. The van der Waals surface area contributed by atoms with Crippen LogP contribution in [-0.4, -0.2) is 47.6 Å². The summed E-state index contributed by atoms with van der Waals surface area (Å²) < 4.78 is 5.20. The van der Waals surface area contributed by atoms with Gasteiger partial charge in [-0.3, -0.25) is 14.7 Å². The Labute approximate surface area is 201 Å². The fourth-order valence-electron chi connectivity index (χ4n) is 3.88. The smallest absolute Gasteiger partial charge is 0.224 e. The molecule has 180 valence electrons. The summed E-state index contributed by atoms with van der Waals surface area (Å²) in [5.74, 6) is 0.585. The van der Waals surface area contributed by atoms with Crippen LogP contribution in [0.1, 0.15) is 49.9 Å². The van der Waals surface area contributed by atoms with Gasteiger partial charge in [0.2, 0.25) is 11.8 Å². The SMILES string of the molecule is COc1ccc(C(CC(=O)N(C)CCCCCc2cc(-c3ccccc3)n[nH]2)NC(C)=O)cc1. The maximum absolute atomic E-state index is 12.8. The van der Waals surface area contributed by atoms with Crippen molar-refractivity contribution in [2.24, 2.45) is 0 Å². The van der Waals surface area contributed by atoms with Crippen LogP contribution in [0.4, 0.5) is 0 Å². The molecule has 0 aliphatic heterocycles. The first-order chi connectivity index (χ1) is 16.5. The molecule has 7 heteroatoms. The number of unbranched alkanes of at least 4 members (excludes halogenated alkanes) is 2. The van der Waals surface area contributed by atoms with Crippen LogP contribution >= 0.6 is 0 Å². The Kier molecular flexibility index (Phi) is 9.26. The number of amides is 2. The Morgan fingerprint density at radius 2 is 1.79 bits per heavy atom. The van der Waals surface area contributed by atoms with Gasteiger partial charge in [-0.25, -0.2) is 0 Å². The lowest BCUT2D eigenvalue weighted by Gasteiger charge is -2.23. The Morgan fingerprint density at radius 1 is 1.06 bits per heavy atom. The zero-order valence-corrected chi connectivity index (χ0v) is 20.2. The number of ether oxygens (including phenoxy) is 1. The zero-order valence-electron chi connectivity index (χ0n) is 20.2. The zero-order chi connectivity index (χ0) is 24.3. The molecule has 0 saturated carbocycles. The molecule has 0 aliphatic carbocycles. The predicted molar refractivity (Wildman–Crippen MR) is 133 cm³/mol. The van der Waals surface area contributed by atoms with Crippen LogP contribution in [0.15, 0.2) is 60.7 Å². The van der Waals surface area contributed by atoms with Crippen molar-refractivity contribution < 1.29 is 14.3 Å². The Morgan fingerprint density at radius 3 is 2.47 bits per heavy atom. The number of hydrogen-bond donors (Lipinski definition) is 2. The number of nitrogens with one attached hydrogen (secondary N) is 2. The molecule has 0 fully saturated rings. The van der Waals surface area contributed by atoms with Crippen molar-refractivity contribution in [1.29, 1.82) is 0 Å². The predicted octanol–water partition coefficient (Wildman–Crippen LogP) is 4.52. The fraction of sp³-hybridized carbons (Fsp3) is 0.370. The molecule has 2 aromatic carbocycles. The summed E-state index contributed by atoms with van der Waals surface area (Å²) in [5, 5.41) is 10.4. The quantitative estimate of drug-likeness (QED) is 0.387. The van der Waals surface area contributed by atoms with E-state index in [0.29, 0.717) is 6.54 Å². The minimum atomic E-state index is -0.363. The number of aryl methyl sites for hydroxylation is 1. The minimum absolute atomic E-state index is 0.00985.